The second-order valence-electron chi connectivity index (χ2n) is 18.8. The van der Waals surface area contributed by atoms with Crippen LogP contribution >= 0.6 is 0 Å². The van der Waals surface area contributed by atoms with E-state index in [4.69, 9.17) is 20.3 Å². The summed E-state index contributed by atoms with van der Waals surface area (Å²) in [5.41, 5.74) is 6.79. The van der Waals surface area contributed by atoms with Crippen LogP contribution in [-0.4, -0.2) is 57.3 Å². The molecule has 3 saturated carbocycles. The van der Waals surface area contributed by atoms with Crippen molar-refractivity contribution in [2.24, 2.45) is 68.3 Å². The van der Waals surface area contributed by atoms with Crippen molar-refractivity contribution in [2.75, 3.05) is 19.8 Å². The van der Waals surface area contributed by atoms with Gasteiger partial charge in [-0.25, -0.2) is 9.67 Å². The molecule has 47 heavy (non-hydrogen) atoms. The topological polar surface area (TPSA) is 112 Å². The zero-order valence-corrected chi connectivity index (χ0v) is 31.2. The molecule has 0 aromatic carbocycles. The summed E-state index contributed by atoms with van der Waals surface area (Å²) in [6.07, 6.45) is 9.95. The summed E-state index contributed by atoms with van der Waals surface area (Å²) >= 11 is 0. The predicted molar refractivity (Wildman–Crippen MR) is 185 cm³/mol. The maximum atomic E-state index is 13.4. The first kappa shape index (κ1) is 35.1. The summed E-state index contributed by atoms with van der Waals surface area (Å²) in [5, 5.41) is 15.8. The smallest absolute Gasteiger partial charge is 0.307 e. The van der Waals surface area contributed by atoms with Crippen molar-refractivity contribution in [3.05, 3.63) is 23.8 Å². The predicted octanol–water partition coefficient (Wildman–Crippen LogP) is 7.47. The fourth-order valence-electron chi connectivity index (χ4n) is 12.2. The number of fused-ring (bicyclic) bond motifs is 3. The molecule has 1 aromatic heterocycles. The van der Waals surface area contributed by atoms with Gasteiger partial charge in [0.1, 0.15) is 12.2 Å². The van der Waals surface area contributed by atoms with Crippen molar-refractivity contribution in [2.45, 2.75) is 132 Å². The van der Waals surface area contributed by atoms with E-state index in [0.717, 1.165) is 44.3 Å². The van der Waals surface area contributed by atoms with Crippen LogP contribution in [0.25, 0.3) is 0 Å². The third-order valence-corrected chi connectivity index (χ3v) is 16.0. The Hall–Kier alpha value is -1.77. The number of allylic oxidation sites excluding steroid dienone is 1. The second kappa shape index (κ2) is 11.4. The number of nitrogens with two attached hydrogens (primary N) is 1. The first-order chi connectivity index (χ1) is 21.8. The minimum absolute atomic E-state index is 0.000291. The van der Waals surface area contributed by atoms with Crippen molar-refractivity contribution in [1.82, 2.24) is 14.8 Å². The Labute approximate surface area is 284 Å². The van der Waals surface area contributed by atoms with E-state index in [9.17, 15) is 9.90 Å². The number of carboxylic acids is 1. The number of carboxylic acid groups (broad SMARTS) is 1. The maximum absolute atomic E-state index is 13.4. The minimum Gasteiger partial charge on any atom is -0.481 e. The summed E-state index contributed by atoms with van der Waals surface area (Å²) in [7, 11) is 0. The zero-order chi connectivity index (χ0) is 34.5. The average molecular weight is 653 g/mol. The summed E-state index contributed by atoms with van der Waals surface area (Å²) in [6, 6.07) is -0.000291. The third kappa shape index (κ3) is 4.80. The lowest BCUT2D eigenvalue weighted by Crippen LogP contribution is -2.69. The highest BCUT2D eigenvalue weighted by Crippen LogP contribution is 2.75. The maximum Gasteiger partial charge on any atom is 0.307 e. The molecule has 5 aliphatic rings. The van der Waals surface area contributed by atoms with Crippen LogP contribution in [0, 0.1) is 69.5 Å². The van der Waals surface area contributed by atoms with Gasteiger partial charge >= 0.3 is 5.97 Å². The Morgan fingerprint density at radius 2 is 1.83 bits per heavy atom. The fraction of sp³-hybridized carbons (Fsp3) is 0.872. The second-order valence-corrected chi connectivity index (χ2v) is 18.8. The van der Waals surface area contributed by atoms with Gasteiger partial charge in [0.2, 0.25) is 0 Å². The molecule has 4 fully saturated rings. The van der Waals surface area contributed by atoms with Gasteiger partial charge in [-0.2, -0.15) is 5.10 Å². The van der Waals surface area contributed by atoms with E-state index in [0.29, 0.717) is 43.5 Å². The standard InChI is InChI=1S/C39H64N4O4/c1-23(2)25(5)34(7)16-17-36(9)27-12-13-30-35(8)19-46-21-39(30,28(27)14-15-37(36,10)31(34)33(44)45)18-29(43-26(6)41-22-42-43)32(35)47-20-38(11,40)24(3)4/h14,22-25,27,29-32H,12-13,15-21,40H2,1-11H3,(H,44,45)/t25-,27+,29-,30+,31-,32+,34-,35-,36-,37+,38+,39+/m1/s1. The number of rotatable bonds is 8. The highest BCUT2D eigenvalue weighted by molar-refractivity contribution is 5.73. The van der Waals surface area contributed by atoms with Crippen LogP contribution in [0.4, 0.5) is 0 Å². The molecule has 3 N–H and O–H groups in total. The number of hydrogen-bond donors (Lipinski definition) is 2. The van der Waals surface area contributed by atoms with Gasteiger partial charge < -0.3 is 20.3 Å². The number of nitrogens with zero attached hydrogens (tertiary/aromatic N) is 3. The van der Waals surface area contributed by atoms with Crippen LogP contribution in [0.15, 0.2) is 18.0 Å². The van der Waals surface area contributed by atoms with Crippen LogP contribution in [0.3, 0.4) is 0 Å². The average Bonchev–Trinajstić information content (AvgIpc) is 3.41. The van der Waals surface area contributed by atoms with E-state index in [1.165, 1.54) is 5.57 Å². The largest absolute Gasteiger partial charge is 0.481 e. The molecule has 1 saturated heterocycles. The minimum atomic E-state index is -0.613. The van der Waals surface area contributed by atoms with Gasteiger partial charge in [-0.1, -0.05) is 74.0 Å². The highest BCUT2D eigenvalue weighted by Gasteiger charge is 2.72. The van der Waals surface area contributed by atoms with Gasteiger partial charge in [-0.05, 0) is 98.2 Å². The lowest BCUT2D eigenvalue weighted by molar-refractivity contribution is -0.252. The van der Waals surface area contributed by atoms with Gasteiger partial charge in [0, 0.05) is 16.4 Å². The molecule has 1 aromatic rings. The van der Waals surface area contributed by atoms with E-state index in [1.807, 2.05) is 6.92 Å². The number of aromatic nitrogens is 3. The van der Waals surface area contributed by atoms with Crippen molar-refractivity contribution in [3.63, 3.8) is 0 Å². The Morgan fingerprint density at radius 3 is 2.43 bits per heavy atom. The highest BCUT2D eigenvalue weighted by atomic mass is 16.5. The summed E-state index contributed by atoms with van der Waals surface area (Å²) < 4.78 is 15.8. The molecule has 1 aliphatic heterocycles. The fourth-order valence-corrected chi connectivity index (χ4v) is 12.2. The van der Waals surface area contributed by atoms with E-state index in [-0.39, 0.29) is 45.1 Å². The monoisotopic (exact) mass is 652 g/mol. The number of hydrogen-bond acceptors (Lipinski definition) is 6. The Bertz CT molecular complexity index is 1400. The van der Waals surface area contributed by atoms with E-state index < -0.39 is 17.4 Å². The number of carbonyl (C=O) groups is 1. The van der Waals surface area contributed by atoms with Gasteiger partial charge in [0.05, 0.1) is 37.9 Å². The van der Waals surface area contributed by atoms with E-state index >= 15 is 0 Å². The van der Waals surface area contributed by atoms with Crippen LogP contribution in [0.1, 0.15) is 120 Å². The SMILES string of the molecule is Cc1ncnn1[C@@H]1C[C@@]23COC[C@](C)([C@@H]2CC[C@H]2C3=CC[C@@]3(C)[C@H](C(=O)O)[C@@](C)([C@H](C)C(C)C)CC[C@]23C)[C@H]1OC[C@](C)(N)C(C)C. The lowest BCUT2D eigenvalue weighted by atomic mass is 9.34. The first-order valence-electron chi connectivity index (χ1n) is 18.6. The van der Waals surface area contributed by atoms with Crippen molar-refractivity contribution in [3.8, 4) is 0 Å². The molecule has 12 atom stereocenters. The quantitative estimate of drug-likeness (QED) is 0.280. The van der Waals surface area contributed by atoms with Crippen LogP contribution in [0.5, 0.6) is 0 Å². The van der Waals surface area contributed by atoms with E-state index in [2.05, 4.69) is 85.0 Å². The molecule has 6 rings (SSSR count). The van der Waals surface area contributed by atoms with Gasteiger partial charge in [-0.15, -0.1) is 0 Å². The summed E-state index contributed by atoms with van der Waals surface area (Å²) in [4.78, 5) is 18.0. The number of aryl methyl sites for hydroxylation is 1. The van der Waals surface area contributed by atoms with Gasteiger partial charge in [-0.3, -0.25) is 4.79 Å². The van der Waals surface area contributed by atoms with Gasteiger partial charge in [0.15, 0.2) is 0 Å². The summed E-state index contributed by atoms with van der Waals surface area (Å²) in [6.45, 7) is 26.6. The molecule has 8 heteroatoms. The molecule has 4 aliphatic carbocycles. The van der Waals surface area contributed by atoms with Crippen molar-refractivity contribution >= 4 is 5.97 Å². The molecular formula is C39H64N4O4. The summed E-state index contributed by atoms with van der Waals surface area (Å²) in [5.74, 6) is 1.66. The van der Waals surface area contributed by atoms with Crippen LogP contribution in [0.2, 0.25) is 0 Å². The molecule has 2 bridgehead atoms. The van der Waals surface area contributed by atoms with Crippen molar-refractivity contribution < 1.29 is 19.4 Å². The lowest BCUT2D eigenvalue weighted by Gasteiger charge is -2.71. The number of ether oxygens (including phenoxy) is 2. The third-order valence-electron chi connectivity index (χ3n) is 16.0. The Morgan fingerprint density at radius 1 is 1.13 bits per heavy atom. The van der Waals surface area contributed by atoms with E-state index in [1.54, 1.807) is 6.33 Å². The van der Waals surface area contributed by atoms with Crippen LogP contribution in [-0.2, 0) is 14.3 Å². The molecule has 264 valence electrons. The normalized spacial score (nSPS) is 45.0. The Kier molecular flexibility index (Phi) is 8.49. The molecule has 8 nitrogen and oxygen atoms in total. The molecule has 0 amide bonds. The van der Waals surface area contributed by atoms with Gasteiger partial charge in [0.25, 0.3) is 0 Å². The molecule has 0 unspecified atom stereocenters. The Balaban J connectivity index is 1.45. The zero-order valence-electron chi connectivity index (χ0n) is 31.2. The van der Waals surface area contributed by atoms with Crippen molar-refractivity contribution in [1.29, 1.82) is 0 Å². The van der Waals surface area contributed by atoms with Crippen LogP contribution < -0.4 is 5.73 Å². The number of aliphatic carboxylic acids is 1. The molecular weight excluding hydrogens is 588 g/mol. The first-order valence-corrected chi connectivity index (χ1v) is 18.6. The molecule has 2 heterocycles. The molecule has 0 spiro atoms. The molecule has 0 radical (unpaired) electrons.